The molecule has 1 atom stereocenters. The van der Waals surface area contributed by atoms with Gasteiger partial charge in [-0.1, -0.05) is 12.1 Å². The van der Waals surface area contributed by atoms with E-state index in [9.17, 15) is 14.4 Å². The predicted molar refractivity (Wildman–Crippen MR) is 145 cm³/mol. The van der Waals surface area contributed by atoms with Crippen molar-refractivity contribution in [3.8, 4) is 17.2 Å². The van der Waals surface area contributed by atoms with Gasteiger partial charge >= 0.3 is 6.09 Å². The topological polar surface area (TPSA) is 93.1 Å². The Kier molecular flexibility index (Phi) is 6.00. The summed E-state index contributed by atoms with van der Waals surface area (Å²) in [7, 11) is 0. The number of anilines is 1. The molecular weight excluding hydrogens is 503 g/mol. The van der Waals surface area contributed by atoms with Crippen molar-refractivity contribution < 1.29 is 23.5 Å². The van der Waals surface area contributed by atoms with E-state index in [1.54, 1.807) is 42.5 Å². The lowest BCUT2D eigenvalue weighted by Crippen LogP contribution is -2.40. The van der Waals surface area contributed by atoms with E-state index in [0.29, 0.717) is 49.6 Å². The second-order valence-electron chi connectivity index (χ2n) is 11.3. The summed E-state index contributed by atoms with van der Waals surface area (Å²) < 4.78 is 29.3. The number of amides is 2. The Morgan fingerprint density at radius 2 is 1.87 bits per heavy atom. The minimum absolute atomic E-state index is 0.0157. The number of alkyl carbamates (subject to hydrolysis) is 1. The number of hydrogen-bond acceptors (Lipinski definition) is 6. The molecule has 204 valence electrons. The SMILES string of the molecule is CC(C)(C)OC(=O)NC1CCN(c2c(F)cc3c(=O)c(C(=O)N4CCCC4)cn4c3c2Oc2ccccc2-4)C1. The minimum atomic E-state index is -0.628. The summed E-state index contributed by atoms with van der Waals surface area (Å²) in [5, 5.41) is 2.95. The normalized spacial score (nSPS) is 18.2. The largest absolute Gasteiger partial charge is 0.451 e. The van der Waals surface area contributed by atoms with Crippen molar-refractivity contribution in [2.45, 2.75) is 51.7 Å². The van der Waals surface area contributed by atoms with E-state index in [1.165, 1.54) is 6.07 Å². The highest BCUT2D eigenvalue weighted by molar-refractivity contribution is 6.01. The monoisotopic (exact) mass is 534 g/mol. The number of carbonyl (C=O) groups excluding carboxylic acids is 2. The molecule has 3 aliphatic heterocycles. The van der Waals surface area contributed by atoms with Gasteiger partial charge in [-0.2, -0.15) is 0 Å². The maximum atomic E-state index is 15.9. The highest BCUT2D eigenvalue weighted by Crippen LogP contribution is 2.47. The van der Waals surface area contributed by atoms with Gasteiger partial charge in [0.25, 0.3) is 5.91 Å². The van der Waals surface area contributed by atoms with Crippen LogP contribution in [0.4, 0.5) is 14.9 Å². The van der Waals surface area contributed by atoms with E-state index in [1.807, 2.05) is 23.1 Å². The Bertz CT molecular complexity index is 1550. The second-order valence-corrected chi connectivity index (χ2v) is 11.3. The Labute approximate surface area is 225 Å². The third-order valence-electron chi connectivity index (χ3n) is 7.36. The van der Waals surface area contributed by atoms with Crippen LogP contribution in [0.25, 0.3) is 16.6 Å². The number of para-hydroxylation sites is 2. The van der Waals surface area contributed by atoms with Gasteiger partial charge in [-0.15, -0.1) is 0 Å². The lowest BCUT2D eigenvalue weighted by atomic mass is 10.1. The molecule has 0 radical (unpaired) electrons. The van der Waals surface area contributed by atoms with E-state index in [2.05, 4.69) is 5.32 Å². The molecule has 0 aliphatic carbocycles. The Morgan fingerprint density at radius 1 is 1.13 bits per heavy atom. The van der Waals surface area contributed by atoms with Gasteiger partial charge in [-0.3, -0.25) is 9.59 Å². The molecule has 1 unspecified atom stereocenters. The van der Waals surface area contributed by atoms with E-state index >= 15 is 4.39 Å². The number of halogens is 1. The summed E-state index contributed by atoms with van der Waals surface area (Å²) in [5.41, 5.74) is 0.167. The number of fused-ring (bicyclic) bond motifs is 2. The molecule has 2 amide bonds. The van der Waals surface area contributed by atoms with Gasteiger partial charge in [0.15, 0.2) is 17.3 Å². The van der Waals surface area contributed by atoms with Crippen molar-refractivity contribution in [2.75, 3.05) is 31.1 Å². The summed E-state index contributed by atoms with van der Waals surface area (Å²) in [6.07, 6.45) is 3.42. The first kappa shape index (κ1) is 25.2. The minimum Gasteiger partial charge on any atom is -0.451 e. The highest BCUT2D eigenvalue weighted by Gasteiger charge is 2.35. The van der Waals surface area contributed by atoms with E-state index < -0.39 is 22.9 Å². The van der Waals surface area contributed by atoms with Crippen LogP contribution >= 0.6 is 0 Å². The molecule has 1 N–H and O–H groups in total. The third-order valence-corrected chi connectivity index (χ3v) is 7.36. The quantitative estimate of drug-likeness (QED) is 0.414. The maximum Gasteiger partial charge on any atom is 0.407 e. The molecule has 3 aromatic rings. The van der Waals surface area contributed by atoms with Crippen LogP contribution in [0.5, 0.6) is 11.5 Å². The fourth-order valence-corrected chi connectivity index (χ4v) is 5.65. The van der Waals surface area contributed by atoms with E-state index in [-0.39, 0.29) is 34.3 Å². The number of aromatic nitrogens is 1. The molecule has 2 fully saturated rings. The molecule has 1 aromatic heterocycles. The Balaban J connectivity index is 1.44. The summed E-state index contributed by atoms with van der Waals surface area (Å²) in [6, 6.07) is 8.23. The fraction of sp³-hybridized carbons (Fsp3) is 0.414. The molecule has 4 heterocycles. The summed E-state index contributed by atoms with van der Waals surface area (Å²) in [6.45, 7) is 7.39. The van der Waals surface area contributed by atoms with Crippen molar-refractivity contribution in [1.29, 1.82) is 0 Å². The Hall–Kier alpha value is -4.08. The molecule has 39 heavy (non-hydrogen) atoms. The van der Waals surface area contributed by atoms with E-state index in [0.717, 1.165) is 12.8 Å². The van der Waals surface area contributed by atoms with Crippen LogP contribution in [-0.4, -0.2) is 59.3 Å². The van der Waals surface area contributed by atoms with Crippen LogP contribution in [0, 0.1) is 5.82 Å². The molecule has 10 heteroatoms. The van der Waals surface area contributed by atoms with Crippen molar-refractivity contribution in [1.82, 2.24) is 14.8 Å². The molecule has 6 rings (SSSR count). The lowest BCUT2D eigenvalue weighted by molar-refractivity contribution is 0.0508. The molecule has 0 spiro atoms. The van der Waals surface area contributed by atoms with Gasteiger partial charge in [0.2, 0.25) is 5.43 Å². The first-order valence-corrected chi connectivity index (χ1v) is 13.3. The molecule has 9 nitrogen and oxygen atoms in total. The number of likely N-dealkylation sites (tertiary alicyclic amines) is 1. The molecular formula is C29H31FN4O5. The molecule has 3 aliphatic rings. The van der Waals surface area contributed by atoms with Crippen molar-refractivity contribution in [3.63, 3.8) is 0 Å². The predicted octanol–water partition coefficient (Wildman–Crippen LogP) is 4.57. The number of benzene rings is 2. The fourth-order valence-electron chi connectivity index (χ4n) is 5.65. The smallest absolute Gasteiger partial charge is 0.407 e. The molecule has 2 aromatic carbocycles. The van der Waals surface area contributed by atoms with Crippen LogP contribution in [0.1, 0.15) is 50.4 Å². The zero-order chi connectivity index (χ0) is 27.5. The van der Waals surface area contributed by atoms with Gasteiger partial charge < -0.3 is 29.2 Å². The number of rotatable bonds is 3. The number of pyridine rings is 1. The number of carbonyl (C=O) groups is 2. The van der Waals surface area contributed by atoms with Crippen LogP contribution in [-0.2, 0) is 4.74 Å². The van der Waals surface area contributed by atoms with Gasteiger partial charge in [-0.05, 0) is 58.2 Å². The van der Waals surface area contributed by atoms with Crippen LogP contribution < -0.4 is 20.4 Å². The van der Waals surface area contributed by atoms with Crippen LogP contribution in [0.15, 0.2) is 41.3 Å². The summed E-state index contributed by atoms with van der Waals surface area (Å²) >= 11 is 0. The third kappa shape index (κ3) is 4.47. The molecule has 0 bridgehead atoms. The number of nitrogens with zero attached hydrogens (tertiary/aromatic N) is 3. The zero-order valence-electron chi connectivity index (χ0n) is 22.3. The standard InChI is InChI=1S/C29H31FN4O5/c1-29(2,3)39-28(37)31-17-10-13-33(15-17)24-20(30)14-18-23-26(24)38-22-9-5-4-8-21(22)34(23)16-19(25(18)35)27(36)32-11-6-7-12-32/h4-5,8-9,14,16-17H,6-7,10-13,15H2,1-3H3,(H,31,37). The number of hydrogen-bond donors (Lipinski definition) is 1. The number of ether oxygens (including phenoxy) is 2. The lowest BCUT2D eigenvalue weighted by Gasteiger charge is -2.29. The van der Waals surface area contributed by atoms with Crippen molar-refractivity contribution >= 4 is 28.6 Å². The van der Waals surface area contributed by atoms with Crippen LogP contribution in [0.2, 0.25) is 0 Å². The average molecular weight is 535 g/mol. The highest BCUT2D eigenvalue weighted by atomic mass is 19.1. The summed E-state index contributed by atoms with van der Waals surface area (Å²) in [5.74, 6) is -0.249. The Morgan fingerprint density at radius 3 is 2.62 bits per heavy atom. The first-order valence-electron chi connectivity index (χ1n) is 13.3. The van der Waals surface area contributed by atoms with Gasteiger partial charge in [-0.25, -0.2) is 9.18 Å². The van der Waals surface area contributed by atoms with E-state index in [4.69, 9.17) is 9.47 Å². The number of nitrogens with one attached hydrogen (secondary N) is 1. The maximum absolute atomic E-state index is 15.9. The first-order chi connectivity index (χ1) is 18.6. The summed E-state index contributed by atoms with van der Waals surface area (Å²) in [4.78, 5) is 42.7. The van der Waals surface area contributed by atoms with Crippen molar-refractivity contribution in [3.05, 3.63) is 58.1 Å². The van der Waals surface area contributed by atoms with Crippen molar-refractivity contribution in [2.24, 2.45) is 0 Å². The van der Waals surface area contributed by atoms with Gasteiger partial charge in [0.1, 0.15) is 22.4 Å². The zero-order valence-corrected chi connectivity index (χ0v) is 22.3. The average Bonchev–Trinajstić information content (AvgIpc) is 3.57. The molecule has 2 saturated heterocycles. The second kappa shape index (κ2) is 9.29. The van der Waals surface area contributed by atoms with Gasteiger partial charge in [0.05, 0.1) is 17.1 Å². The van der Waals surface area contributed by atoms with Crippen LogP contribution in [0.3, 0.4) is 0 Å². The molecule has 0 saturated carbocycles. The van der Waals surface area contributed by atoms with Gasteiger partial charge in [0, 0.05) is 32.4 Å².